The summed E-state index contributed by atoms with van der Waals surface area (Å²) in [5.41, 5.74) is 2.21. The molecule has 1 unspecified atom stereocenters. The topological polar surface area (TPSA) is 89.5 Å². The molecule has 2 aromatic rings. The van der Waals surface area contributed by atoms with E-state index in [1.54, 1.807) is 0 Å². The van der Waals surface area contributed by atoms with Crippen molar-refractivity contribution in [1.82, 2.24) is 25.2 Å². The third kappa shape index (κ3) is 3.66. The summed E-state index contributed by atoms with van der Waals surface area (Å²) in [5.74, 6) is 2.29. The highest BCUT2D eigenvalue weighted by Crippen LogP contribution is 2.45. The van der Waals surface area contributed by atoms with Crippen molar-refractivity contribution in [2.75, 3.05) is 48.8 Å². The minimum absolute atomic E-state index is 0.00458. The largest absolute Gasteiger partial charge is 0.370 e. The second-order valence-electron chi connectivity index (χ2n) is 10.5. The van der Waals surface area contributed by atoms with Crippen LogP contribution in [0.25, 0.3) is 0 Å². The minimum Gasteiger partial charge on any atom is -0.370 e. The van der Waals surface area contributed by atoms with E-state index in [1.807, 2.05) is 18.5 Å². The number of piperazine rings is 1. The molecule has 2 aromatic heterocycles. The predicted octanol–water partition coefficient (Wildman–Crippen LogP) is 2.32. The summed E-state index contributed by atoms with van der Waals surface area (Å²) in [6.45, 7) is 2.82. The third-order valence-electron chi connectivity index (χ3n) is 8.28. The number of pyridine rings is 1. The number of hydrogen-bond acceptors (Lipinski definition) is 8. The van der Waals surface area contributed by atoms with Gasteiger partial charge in [-0.05, 0) is 51.9 Å². The fourth-order valence-electron chi connectivity index (χ4n) is 6.33. The van der Waals surface area contributed by atoms with Crippen LogP contribution in [0.15, 0.2) is 24.5 Å². The Hall–Kier alpha value is -2.94. The molecule has 1 saturated carbocycles. The number of nitrogens with zero attached hydrogens (tertiary/aromatic N) is 6. The zero-order chi connectivity index (χ0) is 23.3. The van der Waals surface area contributed by atoms with Crippen molar-refractivity contribution in [2.45, 2.75) is 62.6 Å². The molecule has 34 heavy (non-hydrogen) atoms. The number of rotatable bonds is 4. The molecule has 0 aromatic carbocycles. The van der Waals surface area contributed by atoms with Crippen molar-refractivity contribution in [3.8, 4) is 0 Å². The number of hydrogen-bond donors (Lipinski definition) is 2. The molecule has 3 fully saturated rings. The van der Waals surface area contributed by atoms with E-state index in [4.69, 9.17) is 4.98 Å². The van der Waals surface area contributed by atoms with E-state index in [1.165, 1.54) is 25.7 Å². The van der Waals surface area contributed by atoms with Crippen LogP contribution in [0.3, 0.4) is 0 Å². The maximum Gasteiger partial charge on any atom is 0.243 e. The number of nitrogens with one attached hydrogen (secondary N) is 2. The van der Waals surface area contributed by atoms with Gasteiger partial charge in [0, 0.05) is 43.9 Å². The summed E-state index contributed by atoms with van der Waals surface area (Å²) >= 11 is 0. The molecule has 0 bridgehead atoms. The number of anilines is 4. The Labute approximate surface area is 201 Å². The first-order chi connectivity index (χ1) is 16.5. The molecule has 2 N–H and O–H groups in total. The standard InChI is InChI=1S/C25H34N8O/c1-31(2)18-7-11-32(12-8-18)19-5-6-21(26-15-19)29-24-27-14-17-13-20-23(34)28-16-25(9-3-4-10-25)33(20)22(17)30-24/h5-6,14-15,18,20H,3-4,7-13,16H2,1-2H3,(H,28,34)(H,26,27,29,30). The van der Waals surface area contributed by atoms with E-state index < -0.39 is 0 Å². The number of amides is 1. The molecule has 9 nitrogen and oxygen atoms in total. The number of carbonyl (C=O) groups is 1. The summed E-state index contributed by atoms with van der Waals surface area (Å²) < 4.78 is 0. The first kappa shape index (κ1) is 21.6. The number of carbonyl (C=O) groups excluding carboxylic acids is 1. The van der Waals surface area contributed by atoms with Crippen molar-refractivity contribution in [1.29, 1.82) is 0 Å². The lowest BCUT2D eigenvalue weighted by atomic mass is 9.90. The van der Waals surface area contributed by atoms with Gasteiger partial charge in [-0.3, -0.25) is 4.79 Å². The lowest BCUT2D eigenvalue weighted by molar-refractivity contribution is -0.124. The van der Waals surface area contributed by atoms with Crippen molar-refractivity contribution in [3.63, 3.8) is 0 Å². The Balaban J connectivity index is 1.18. The average molecular weight is 463 g/mol. The van der Waals surface area contributed by atoms with Crippen LogP contribution in [0.2, 0.25) is 0 Å². The average Bonchev–Trinajstić information content (AvgIpc) is 3.48. The summed E-state index contributed by atoms with van der Waals surface area (Å²) in [4.78, 5) is 33.8. The van der Waals surface area contributed by atoms with Crippen LogP contribution in [0.1, 0.15) is 44.1 Å². The normalized spacial score (nSPS) is 23.9. The number of piperidine rings is 1. The van der Waals surface area contributed by atoms with E-state index >= 15 is 0 Å². The van der Waals surface area contributed by atoms with E-state index in [0.29, 0.717) is 25.0 Å². The van der Waals surface area contributed by atoms with Gasteiger partial charge in [-0.2, -0.15) is 4.98 Å². The van der Waals surface area contributed by atoms with E-state index in [-0.39, 0.29) is 17.5 Å². The molecule has 4 aliphatic rings. The Morgan fingerprint density at radius 1 is 1.12 bits per heavy atom. The SMILES string of the molecule is CN(C)C1CCN(c2ccc(Nc3ncc4c(n3)N3C(C4)C(=O)NCC34CCCC4)nc2)CC1. The van der Waals surface area contributed by atoms with Crippen molar-refractivity contribution in [3.05, 3.63) is 30.1 Å². The zero-order valence-corrected chi connectivity index (χ0v) is 20.1. The zero-order valence-electron chi connectivity index (χ0n) is 20.1. The fourth-order valence-corrected chi connectivity index (χ4v) is 6.33. The monoisotopic (exact) mass is 462 g/mol. The first-order valence-corrected chi connectivity index (χ1v) is 12.6. The maximum atomic E-state index is 12.6. The number of fused-ring (bicyclic) bond motifs is 4. The molecule has 6 rings (SSSR count). The van der Waals surface area contributed by atoms with Gasteiger partial charge in [0.05, 0.1) is 17.4 Å². The van der Waals surface area contributed by atoms with Crippen molar-refractivity contribution in [2.24, 2.45) is 0 Å². The lowest BCUT2D eigenvalue weighted by Gasteiger charge is -2.47. The highest BCUT2D eigenvalue weighted by atomic mass is 16.2. The van der Waals surface area contributed by atoms with Gasteiger partial charge >= 0.3 is 0 Å². The quantitative estimate of drug-likeness (QED) is 0.716. The summed E-state index contributed by atoms with van der Waals surface area (Å²) in [6, 6.07) is 4.62. The highest BCUT2D eigenvalue weighted by Gasteiger charge is 2.52. The smallest absolute Gasteiger partial charge is 0.243 e. The van der Waals surface area contributed by atoms with Crippen LogP contribution in [-0.4, -0.2) is 77.1 Å². The van der Waals surface area contributed by atoms with Gasteiger partial charge in [-0.15, -0.1) is 0 Å². The summed E-state index contributed by atoms with van der Waals surface area (Å²) in [7, 11) is 4.33. The Morgan fingerprint density at radius 3 is 2.62 bits per heavy atom. The van der Waals surface area contributed by atoms with Gasteiger partial charge < -0.3 is 25.3 Å². The molecule has 1 amide bonds. The molecule has 1 aliphatic carbocycles. The molecule has 180 valence electrons. The molecule has 5 heterocycles. The van der Waals surface area contributed by atoms with Gasteiger partial charge in [0.1, 0.15) is 17.7 Å². The Bertz CT molecular complexity index is 1060. The summed E-state index contributed by atoms with van der Waals surface area (Å²) in [6.07, 6.45) is 11.4. The van der Waals surface area contributed by atoms with Crippen LogP contribution >= 0.6 is 0 Å². The Kier molecular flexibility index (Phi) is 5.32. The molecular weight excluding hydrogens is 428 g/mol. The second-order valence-corrected chi connectivity index (χ2v) is 10.5. The predicted molar refractivity (Wildman–Crippen MR) is 133 cm³/mol. The molecule has 1 spiro atoms. The van der Waals surface area contributed by atoms with E-state index in [0.717, 1.165) is 48.8 Å². The van der Waals surface area contributed by atoms with Crippen molar-refractivity contribution >= 4 is 29.2 Å². The van der Waals surface area contributed by atoms with Crippen LogP contribution < -0.4 is 20.4 Å². The van der Waals surface area contributed by atoms with Crippen molar-refractivity contribution < 1.29 is 4.79 Å². The highest BCUT2D eigenvalue weighted by molar-refractivity contribution is 5.90. The van der Waals surface area contributed by atoms with Crippen LogP contribution in [0.4, 0.5) is 23.3 Å². The van der Waals surface area contributed by atoms with Gasteiger partial charge in [0.15, 0.2) is 0 Å². The van der Waals surface area contributed by atoms with E-state index in [9.17, 15) is 4.79 Å². The van der Waals surface area contributed by atoms with Crippen LogP contribution in [0, 0.1) is 0 Å². The van der Waals surface area contributed by atoms with Gasteiger partial charge in [0.2, 0.25) is 11.9 Å². The molecule has 0 radical (unpaired) electrons. The molecule has 2 saturated heterocycles. The third-order valence-corrected chi connectivity index (χ3v) is 8.28. The van der Waals surface area contributed by atoms with Gasteiger partial charge in [0.25, 0.3) is 0 Å². The molecular formula is C25H34N8O. The lowest BCUT2D eigenvalue weighted by Crippen LogP contribution is -2.66. The van der Waals surface area contributed by atoms with E-state index in [2.05, 4.69) is 55.5 Å². The Morgan fingerprint density at radius 2 is 1.91 bits per heavy atom. The maximum absolute atomic E-state index is 12.6. The first-order valence-electron chi connectivity index (χ1n) is 12.6. The molecule has 1 atom stereocenters. The second kappa shape index (κ2) is 8.37. The number of aromatic nitrogens is 3. The molecule has 9 heteroatoms. The minimum atomic E-state index is -0.166. The fraction of sp³-hybridized carbons (Fsp3) is 0.600. The summed E-state index contributed by atoms with van der Waals surface area (Å²) in [5, 5.41) is 6.44. The van der Waals surface area contributed by atoms with Gasteiger partial charge in [-0.25, -0.2) is 9.97 Å². The van der Waals surface area contributed by atoms with Crippen LogP contribution in [-0.2, 0) is 11.2 Å². The van der Waals surface area contributed by atoms with Crippen LogP contribution in [0.5, 0.6) is 0 Å². The molecule has 3 aliphatic heterocycles. The van der Waals surface area contributed by atoms with Gasteiger partial charge in [-0.1, -0.05) is 12.8 Å².